The Morgan fingerprint density at radius 2 is 2.14 bits per heavy atom. The number of ether oxygens (including phenoxy) is 1. The third-order valence-corrected chi connectivity index (χ3v) is 6.25. The number of carbonyl (C=O) groups excluding carboxylic acids is 2. The molecule has 4 rings (SSSR count). The maximum Gasteiger partial charge on any atom is 0.341 e. The molecule has 0 bridgehead atoms. The van der Waals surface area contributed by atoms with Crippen LogP contribution in [0.15, 0.2) is 29.1 Å². The number of hydrogen-bond donors (Lipinski definition) is 1. The molecule has 2 heterocycles. The molecule has 8 nitrogen and oxygen atoms in total. The molecule has 3 aromatic rings. The molecule has 2 aromatic heterocycles. The zero-order valence-corrected chi connectivity index (χ0v) is 16.9. The third-order valence-electron chi connectivity index (χ3n) is 5.08. The lowest BCUT2D eigenvalue weighted by molar-refractivity contribution is -0.117. The van der Waals surface area contributed by atoms with Gasteiger partial charge in [-0.05, 0) is 42.9 Å². The molecule has 0 aliphatic heterocycles. The van der Waals surface area contributed by atoms with E-state index in [1.54, 1.807) is 24.3 Å². The molecule has 1 aliphatic carbocycles. The number of carbonyl (C=O) groups is 2. The second-order valence-corrected chi connectivity index (χ2v) is 8.27. The van der Waals surface area contributed by atoms with Crippen molar-refractivity contribution < 1.29 is 14.3 Å². The molecule has 1 N–H and O–H groups in total. The monoisotopic (exact) mass is 412 g/mol. The van der Waals surface area contributed by atoms with Gasteiger partial charge in [-0.25, -0.2) is 9.48 Å². The maximum atomic E-state index is 12.6. The van der Waals surface area contributed by atoms with Crippen molar-refractivity contribution in [3.8, 4) is 0 Å². The van der Waals surface area contributed by atoms with E-state index < -0.39 is 17.4 Å². The molecule has 150 valence electrons. The van der Waals surface area contributed by atoms with Crippen LogP contribution >= 0.6 is 11.3 Å². The van der Waals surface area contributed by atoms with Crippen molar-refractivity contribution in [2.24, 2.45) is 5.92 Å². The van der Waals surface area contributed by atoms with Crippen LogP contribution in [-0.2, 0) is 28.9 Å². The highest BCUT2D eigenvalue weighted by molar-refractivity contribution is 7.17. The largest absolute Gasteiger partial charge is 0.465 e. The van der Waals surface area contributed by atoms with Crippen LogP contribution in [0.5, 0.6) is 0 Å². The summed E-state index contributed by atoms with van der Waals surface area (Å²) in [6.45, 7) is 1.87. The minimum atomic E-state index is -0.463. The number of nitrogens with zero attached hydrogens (tertiary/aromatic N) is 3. The van der Waals surface area contributed by atoms with Gasteiger partial charge in [0.1, 0.15) is 17.1 Å². The second kappa shape index (κ2) is 7.75. The fraction of sp³-hybridized carbons (Fsp3) is 0.350. The lowest BCUT2D eigenvalue weighted by Gasteiger charge is -2.18. The summed E-state index contributed by atoms with van der Waals surface area (Å²) >= 11 is 1.40. The van der Waals surface area contributed by atoms with Crippen molar-refractivity contribution in [3.05, 3.63) is 50.6 Å². The van der Waals surface area contributed by atoms with Gasteiger partial charge in [-0.3, -0.25) is 9.59 Å². The number of methoxy groups -OCH3 is 1. The van der Waals surface area contributed by atoms with Gasteiger partial charge in [0, 0.05) is 4.88 Å². The van der Waals surface area contributed by atoms with Crippen LogP contribution in [0.25, 0.3) is 10.9 Å². The average molecular weight is 412 g/mol. The highest BCUT2D eigenvalue weighted by Gasteiger charge is 2.29. The Bertz CT molecular complexity index is 1170. The number of nitrogens with one attached hydrogen (secondary N) is 1. The quantitative estimate of drug-likeness (QED) is 0.660. The first kappa shape index (κ1) is 19.3. The SMILES string of the molecule is COC(=O)c1c(NC(=O)Cn2nnc3ccccc3c2=O)sc2c1CC[C@H](C)C2. The fourth-order valence-electron chi connectivity index (χ4n) is 3.59. The summed E-state index contributed by atoms with van der Waals surface area (Å²) in [6.07, 6.45) is 2.64. The summed E-state index contributed by atoms with van der Waals surface area (Å²) in [5.41, 5.74) is 1.46. The summed E-state index contributed by atoms with van der Waals surface area (Å²) in [5, 5.41) is 11.5. The second-order valence-electron chi connectivity index (χ2n) is 7.17. The molecule has 0 saturated carbocycles. The Morgan fingerprint density at radius 1 is 1.34 bits per heavy atom. The first-order valence-electron chi connectivity index (χ1n) is 9.33. The maximum absolute atomic E-state index is 12.6. The molecule has 29 heavy (non-hydrogen) atoms. The predicted molar refractivity (Wildman–Crippen MR) is 109 cm³/mol. The Morgan fingerprint density at radius 3 is 2.93 bits per heavy atom. The lowest BCUT2D eigenvalue weighted by atomic mass is 9.88. The van der Waals surface area contributed by atoms with Crippen LogP contribution < -0.4 is 10.9 Å². The number of esters is 1. The molecule has 9 heteroatoms. The van der Waals surface area contributed by atoms with Gasteiger partial charge < -0.3 is 10.1 Å². The van der Waals surface area contributed by atoms with Crippen LogP contribution in [0.1, 0.15) is 34.1 Å². The van der Waals surface area contributed by atoms with E-state index in [4.69, 9.17) is 4.74 Å². The van der Waals surface area contributed by atoms with Gasteiger partial charge in [-0.1, -0.05) is 24.3 Å². The summed E-state index contributed by atoms with van der Waals surface area (Å²) in [5.74, 6) is -0.384. The van der Waals surface area contributed by atoms with Crippen LogP contribution in [0.4, 0.5) is 5.00 Å². The van der Waals surface area contributed by atoms with E-state index in [9.17, 15) is 14.4 Å². The smallest absolute Gasteiger partial charge is 0.341 e. The fourth-order valence-corrected chi connectivity index (χ4v) is 5.00. The van der Waals surface area contributed by atoms with E-state index in [-0.39, 0.29) is 6.54 Å². The molecule has 1 aliphatic rings. The average Bonchev–Trinajstić information content (AvgIpc) is 3.06. The number of benzene rings is 1. The molecule has 1 atom stereocenters. The molecule has 1 amide bonds. The van der Waals surface area contributed by atoms with Crippen molar-refractivity contribution in [2.45, 2.75) is 32.7 Å². The van der Waals surface area contributed by atoms with Gasteiger partial charge in [-0.15, -0.1) is 16.4 Å². The normalized spacial score (nSPS) is 15.7. The number of amides is 1. The van der Waals surface area contributed by atoms with Crippen molar-refractivity contribution in [1.82, 2.24) is 15.0 Å². The predicted octanol–water partition coefficient (Wildman–Crippen LogP) is 2.40. The van der Waals surface area contributed by atoms with E-state index in [0.717, 1.165) is 34.4 Å². The van der Waals surface area contributed by atoms with Crippen LogP contribution in [-0.4, -0.2) is 34.0 Å². The Hall–Kier alpha value is -3.07. The number of aromatic nitrogens is 3. The van der Waals surface area contributed by atoms with E-state index in [1.807, 2.05) is 0 Å². The van der Waals surface area contributed by atoms with E-state index in [1.165, 1.54) is 18.4 Å². The summed E-state index contributed by atoms with van der Waals surface area (Å²) in [7, 11) is 1.33. The van der Waals surface area contributed by atoms with Crippen molar-refractivity contribution in [1.29, 1.82) is 0 Å². The molecule has 1 aromatic carbocycles. The van der Waals surface area contributed by atoms with Crippen molar-refractivity contribution in [2.75, 3.05) is 12.4 Å². The van der Waals surface area contributed by atoms with Crippen LogP contribution in [0.3, 0.4) is 0 Å². The number of anilines is 1. The van der Waals surface area contributed by atoms with E-state index in [0.29, 0.717) is 27.4 Å². The Kier molecular flexibility index (Phi) is 5.14. The van der Waals surface area contributed by atoms with Gasteiger partial charge >= 0.3 is 5.97 Å². The molecule has 0 saturated heterocycles. The van der Waals surface area contributed by atoms with Gasteiger partial charge in [0.05, 0.1) is 18.1 Å². The zero-order valence-electron chi connectivity index (χ0n) is 16.1. The molecular formula is C20H20N4O4S. The first-order chi connectivity index (χ1) is 14.0. The summed E-state index contributed by atoms with van der Waals surface area (Å²) in [6, 6.07) is 6.83. The number of fused-ring (bicyclic) bond motifs is 2. The lowest BCUT2D eigenvalue weighted by Crippen LogP contribution is -2.30. The summed E-state index contributed by atoms with van der Waals surface area (Å²) in [4.78, 5) is 38.6. The molecule has 0 fully saturated rings. The van der Waals surface area contributed by atoms with Gasteiger partial charge in [-0.2, -0.15) is 0 Å². The van der Waals surface area contributed by atoms with Crippen molar-refractivity contribution in [3.63, 3.8) is 0 Å². The van der Waals surface area contributed by atoms with Gasteiger partial charge in [0.2, 0.25) is 5.91 Å². The number of hydrogen-bond acceptors (Lipinski definition) is 7. The van der Waals surface area contributed by atoms with Gasteiger partial charge in [0.15, 0.2) is 0 Å². The summed E-state index contributed by atoms with van der Waals surface area (Å²) < 4.78 is 5.95. The first-order valence-corrected chi connectivity index (χ1v) is 10.1. The topological polar surface area (TPSA) is 103 Å². The van der Waals surface area contributed by atoms with E-state index in [2.05, 4.69) is 22.6 Å². The van der Waals surface area contributed by atoms with Crippen molar-refractivity contribution >= 4 is 39.1 Å². The zero-order chi connectivity index (χ0) is 20.5. The molecule has 0 unspecified atom stereocenters. The third kappa shape index (κ3) is 3.65. The number of thiophene rings is 1. The van der Waals surface area contributed by atoms with Gasteiger partial charge in [0.25, 0.3) is 5.56 Å². The highest BCUT2D eigenvalue weighted by Crippen LogP contribution is 2.40. The number of rotatable bonds is 4. The molecular weight excluding hydrogens is 392 g/mol. The van der Waals surface area contributed by atoms with E-state index >= 15 is 0 Å². The molecule has 0 radical (unpaired) electrons. The minimum Gasteiger partial charge on any atom is -0.465 e. The highest BCUT2D eigenvalue weighted by atomic mass is 32.1. The Labute approximate surface area is 170 Å². The minimum absolute atomic E-state index is 0.295. The standard InChI is InChI=1S/C20H20N4O4S/c1-11-7-8-13-15(9-11)29-18(17(13)20(27)28-2)21-16(25)10-24-19(26)12-5-3-4-6-14(12)22-23-24/h3-6,11H,7-10H2,1-2H3,(H,21,25)/t11-/m0/s1. The Balaban J connectivity index is 1.61. The van der Waals surface area contributed by atoms with Crippen LogP contribution in [0, 0.1) is 5.92 Å². The molecule has 0 spiro atoms. The van der Waals surface area contributed by atoms with Crippen LogP contribution in [0.2, 0.25) is 0 Å².